The third kappa shape index (κ3) is 5.57. The smallest absolute Gasteiger partial charge is 0.328 e. The number of hydrogen-bond donors (Lipinski definition) is 3. The molecule has 0 aliphatic heterocycles. The first-order valence-electron chi connectivity index (χ1n) is 7.07. The van der Waals surface area contributed by atoms with Crippen LogP contribution in [0.4, 0.5) is 0 Å². The highest BCUT2D eigenvalue weighted by Gasteiger charge is 2.23. The summed E-state index contributed by atoms with van der Waals surface area (Å²) in [4.78, 5) is 22.7. The van der Waals surface area contributed by atoms with Gasteiger partial charge in [-0.15, -0.1) is 0 Å². The van der Waals surface area contributed by atoms with E-state index in [0.717, 1.165) is 12.0 Å². The normalized spacial score (nSPS) is 13.6. The number of rotatable bonds is 8. The lowest BCUT2D eigenvalue weighted by Gasteiger charge is -2.15. The molecule has 120 valence electrons. The summed E-state index contributed by atoms with van der Waals surface area (Å²) in [6.45, 7) is 3.87. The molecule has 0 aliphatic rings. The molecule has 0 spiro atoms. The van der Waals surface area contributed by atoms with Crippen LogP contribution in [0.3, 0.4) is 0 Å². The lowest BCUT2D eigenvalue weighted by atomic mass is 10.1. The van der Waals surface area contributed by atoms with Crippen molar-refractivity contribution in [2.75, 3.05) is 6.61 Å². The van der Waals surface area contributed by atoms with Crippen LogP contribution in [0, 0.1) is 0 Å². The topological polar surface area (TPSA) is 95.9 Å². The molecular formula is C16H21NO5. The first-order chi connectivity index (χ1) is 10.5. The number of carboxylic acids is 1. The van der Waals surface area contributed by atoms with E-state index in [-0.39, 0.29) is 0 Å². The number of nitrogens with one attached hydrogen (secondary N) is 1. The summed E-state index contributed by atoms with van der Waals surface area (Å²) in [5.74, 6) is -1.24. The Hall–Kier alpha value is -2.34. The third-order valence-electron chi connectivity index (χ3n) is 2.84. The number of para-hydroxylation sites is 1. The zero-order valence-electron chi connectivity index (χ0n) is 12.7. The summed E-state index contributed by atoms with van der Waals surface area (Å²) in [5.41, 5.74) is 0.718. The van der Waals surface area contributed by atoms with Gasteiger partial charge in [0, 0.05) is 11.6 Å². The number of carbonyl (C=O) groups excluding carboxylic acids is 1. The fourth-order valence-corrected chi connectivity index (χ4v) is 1.72. The van der Waals surface area contributed by atoms with Crippen molar-refractivity contribution in [3.05, 3.63) is 35.9 Å². The molecule has 2 unspecified atom stereocenters. The van der Waals surface area contributed by atoms with Crippen LogP contribution in [-0.2, 0) is 9.59 Å². The fraction of sp³-hybridized carbons (Fsp3) is 0.375. The summed E-state index contributed by atoms with van der Waals surface area (Å²) >= 11 is 0. The van der Waals surface area contributed by atoms with Gasteiger partial charge in [-0.1, -0.05) is 25.1 Å². The van der Waals surface area contributed by atoms with E-state index in [9.17, 15) is 14.7 Å². The van der Waals surface area contributed by atoms with Crippen molar-refractivity contribution in [2.45, 2.75) is 32.4 Å². The van der Waals surface area contributed by atoms with Crippen LogP contribution in [0.25, 0.3) is 6.08 Å². The van der Waals surface area contributed by atoms with E-state index in [2.05, 4.69) is 5.32 Å². The van der Waals surface area contributed by atoms with Crippen LogP contribution in [-0.4, -0.2) is 40.8 Å². The van der Waals surface area contributed by atoms with E-state index < -0.39 is 24.0 Å². The summed E-state index contributed by atoms with van der Waals surface area (Å²) < 4.78 is 5.56. The van der Waals surface area contributed by atoms with Gasteiger partial charge in [0.15, 0.2) is 6.04 Å². The molecule has 2 atom stereocenters. The minimum absolute atomic E-state index is 0.570. The Labute approximate surface area is 129 Å². The number of carboxylic acid groups (broad SMARTS) is 1. The highest BCUT2D eigenvalue weighted by atomic mass is 16.5. The number of aliphatic hydroxyl groups excluding tert-OH is 1. The molecule has 1 amide bonds. The van der Waals surface area contributed by atoms with Gasteiger partial charge in [0.2, 0.25) is 5.91 Å². The molecule has 0 fully saturated rings. The molecule has 0 aromatic heterocycles. The SMILES string of the molecule is CCCOc1ccccc1/C=C/C(=O)NC(C(=O)O)C(C)O. The maximum atomic E-state index is 11.7. The summed E-state index contributed by atoms with van der Waals surface area (Å²) in [7, 11) is 0. The van der Waals surface area contributed by atoms with E-state index in [0.29, 0.717) is 12.4 Å². The predicted molar refractivity (Wildman–Crippen MR) is 82.5 cm³/mol. The average molecular weight is 307 g/mol. The number of benzene rings is 1. The van der Waals surface area contributed by atoms with Crippen molar-refractivity contribution < 1.29 is 24.5 Å². The highest BCUT2D eigenvalue weighted by Crippen LogP contribution is 2.19. The quantitative estimate of drug-likeness (QED) is 0.632. The minimum Gasteiger partial charge on any atom is -0.493 e. The lowest BCUT2D eigenvalue weighted by Crippen LogP contribution is -2.47. The van der Waals surface area contributed by atoms with Crippen LogP contribution in [0.15, 0.2) is 30.3 Å². The predicted octanol–water partition coefficient (Wildman–Crippen LogP) is 1.44. The van der Waals surface area contributed by atoms with E-state index in [1.54, 1.807) is 18.2 Å². The van der Waals surface area contributed by atoms with Gasteiger partial charge < -0.3 is 20.3 Å². The van der Waals surface area contributed by atoms with Crippen LogP contribution in [0.1, 0.15) is 25.8 Å². The number of aliphatic carboxylic acids is 1. The van der Waals surface area contributed by atoms with Gasteiger partial charge in [-0.05, 0) is 25.5 Å². The van der Waals surface area contributed by atoms with Crippen LogP contribution >= 0.6 is 0 Å². The molecule has 1 aromatic carbocycles. The van der Waals surface area contributed by atoms with E-state index >= 15 is 0 Å². The van der Waals surface area contributed by atoms with E-state index in [4.69, 9.17) is 9.84 Å². The van der Waals surface area contributed by atoms with E-state index in [1.165, 1.54) is 13.0 Å². The molecule has 1 rings (SSSR count). The Morgan fingerprint density at radius 3 is 2.64 bits per heavy atom. The molecule has 6 nitrogen and oxygen atoms in total. The van der Waals surface area contributed by atoms with Gasteiger partial charge in [0.25, 0.3) is 0 Å². The van der Waals surface area contributed by atoms with Crippen molar-refractivity contribution in [3.8, 4) is 5.75 Å². The molecule has 0 bridgehead atoms. The van der Waals surface area contributed by atoms with Gasteiger partial charge >= 0.3 is 5.97 Å². The minimum atomic E-state index is -1.34. The number of hydrogen-bond acceptors (Lipinski definition) is 4. The van der Waals surface area contributed by atoms with Crippen molar-refractivity contribution in [1.82, 2.24) is 5.32 Å². The van der Waals surface area contributed by atoms with Crippen molar-refractivity contribution in [2.24, 2.45) is 0 Å². The Balaban J connectivity index is 2.75. The van der Waals surface area contributed by atoms with Crippen molar-refractivity contribution in [1.29, 1.82) is 0 Å². The van der Waals surface area contributed by atoms with Crippen molar-refractivity contribution >= 4 is 18.0 Å². The number of aliphatic hydroxyl groups is 1. The maximum absolute atomic E-state index is 11.7. The molecule has 6 heteroatoms. The summed E-state index contributed by atoms with van der Waals surface area (Å²) in [6.07, 6.45) is 2.44. The Bertz CT molecular complexity index is 539. The highest BCUT2D eigenvalue weighted by molar-refractivity contribution is 5.94. The largest absolute Gasteiger partial charge is 0.493 e. The Morgan fingerprint density at radius 2 is 2.05 bits per heavy atom. The molecule has 0 saturated carbocycles. The first-order valence-corrected chi connectivity index (χ1v) is 7.07. The van der Waals surface area contributed by atoms with Crippen LogP contribution < -0.4 is 10.1 Å². The monoisotopic (exact) mass is 307 g/mol. The number of amides is 1. The molecule has 22 heavy (non-hydrogen) atoms. The summed E-state index contributed by atoms with van der Waals surface area (Å²) in [5, 5.41) is 20.5. The van der Waals surface area contributed by atoms with Gasteiger partial charge in [0.05, 0.1) is 12.7 Å². The fourth-order valence-electron chi connectivity index (χ4n) is 1.72. The number of ether oxygens (including phenoxy) is 1. The van der Waals surface area contributed by atoms with Gasteiger partial charge in [-0.2, -0.15) is 0 Å². The third-order valence-corrected chi connectivity index (χ3v) is 2.84. The van der Waals surface area contributed by atoms with Crippen molar-refractivity contribution in [3.63, 3.8) is 0 Å². The molecule has 0 heterocycles. The standard InChI is InChI=1S/C16H21NO5/c1-3-10-22-13-7-5-4-6-12(13)8-9-14(19)17-15(11(2)18)16(20)21/h4-9,11,15,18H,3,10H2,1-2H3,(H,17,19)(H,20,21)/b9-8+. The van der Waals surface area contributed by atoms with Crippen LogP contribution in [0.2, 0.25) is 0 Å². The Kier molecular flexibility index (Phi) is 7.12. The van der Waals surface area contributed by atoms with Crippen LogP contribution in [0.5, 0.6) is 5.75 Å². The summed E-state index contributed by atoms with van der Waals surface area (Å²) in [6, 6.07) is 5.88. The van der Waals surface area contributed by atoms with E-state index in [1.807, 2.05) is 19.1 Å². The second kappa shape index (κ2) is 8.84. The van der Waals surface area contributed by atoms with Gasteiger partial charge in [0.1, 0.15) is 5.75 Å². The zero-order chi connectivity index (χ0) is 16.5. The van der Waals surface area contributed by atoms with Gasteiger partial charge in [-0.3, -0.25) is 4.79 Å². The molecular weight excluding hydrogens is 286 g/mol. The molecule has 0 radical (unpaired) electrons. The number of carbonyl (C=O) groups is 2. The molecule has 0 saturated heterocycles. The maximum Gasteiger partial charge on any atom is 0.328 e. The van der Waals surface area contributed by atoms with Gasteiger partial charge in [-0.25, -0.2) is 4.79 Å². The first kappa shape index (κ1) is 17.7. The molecule has 3 N–H and O–H groups in total. The molecule has 1 aromatic rings. The average Bonchev–Trinajstić information content (AvgIpc) is 2.48. The lowest BCUT2D eigenvalue weighted by molar-refractivity contribution is -0.144. The Morgan fingerprint density at radius 1 is 1.36 bits per heavy atom. The molecule has 0 aliphatic carbocycles. The zero-order valence-corrected chi connectivity index (χ0v) is 12.7. The second-order valence-electron chi connectivity index (χ2n) is 4.78. The second-order valence-corrected chi connectivity index (χ2v) is 4.78.